The van der Waals surface area contributed by atoms with Crippen LogP contribution in [0.1, 0.15) is 12.5 Å². The van der Waals surface area contributed by atoms with Gasteiger partial charge in [0.1, 0.15) is 4.90 Å². The van der Waals surface area contributed by atoms with Crippen molar-refractivity contribution in [3.63, 3.8) is 0 Å². The Morgan fingerprint density at radius 2 is 1.96 bits per heavy atom. The van der Waals surface area contributed by atoms with Crippen LogP contribution in [-0.2, 0) is 10.1 Å². The number of oxime groups is 1. The SMILES string of the molecule is CCOc1cc(/C=N\O)cc(Br)c1OS(=O)(=O)c1ccc(Cl)cc1. The lowest BCUT2D eigenvalue weighted by Gasteiger charge is -2.14. The van der Waals surface area contributed by atoms with Crippen molar-refractivity contribution in [1.82, 2.24) is 0 Å². The van der Waals surface area contributed by atoms with Gasteiger partial charge in [-0.15, -0.1) is 0 Å². The van der Waals surface area contributed by atoms with Gasteiger partial charge in [0.2, 0.25) is 0 Å². The van der Waals surface area contributed by atoms with Gasteiger partial charge in [0.25, 0.3) is 0 Å². The predicted octanol–water partition coefficient (Wildman–Crippen LogP) is 4.08. The van der Waals surface area contributed by atoms with Crippen molar-refractivity contribution in [3.05, 3.63) is 51.5 Å². The van der Waals surface area contributed by atoms with Crippen molar-refractivity contribution < 1.29 is 22.5 Å². The van der Waals surface area contributed by atoms with Crippen LogP contribution in [0.3, 0.4) is 0 Å². The molecule has 0 atom stereocenters. The molecule has 6 nitrogen and oxygen atoms in total. The molecule has 2 aromatic rings. The zero-order valence-electron chi connectivity index (χ0n) is 12.4. The normalized spacial score (nSPS) is 11.6. The van der Waals surface area contributed by atoms with Crippen LogP contribution in [0.2, 0.25) is 5.02 Å². The molecule has 2 aromatic carbocycles. The maximum Gasteiger partial charge on any atom is 0.339 e. The van der Waals surface area contributed by atoms with Gasteiger partial charge in [-0.3, -0.25) is 0 Å². The van der Waals surface area contributed by atoms with Crippen molar-refractivity contribution in [2.45, 2.75) is 11.8 Å². The van der Waals surface area contributed by atoms with Gasteiger partial charge in [0, 0.05) is 10.6 Å². The van der Waals surface area contributed by atoms with E-state index in [0.29, 0.717) is 21.7 Å². The molecule has 0 fully saturated rings. The Morgan fingerprint density at radius 1 is 1.29 bits per heavy atom. The standard InChI is InChI=1S/C15H13BrClNO5S/c1-2-22-14-8-10(9-18-19)7-13(16)15(14)23-24(20,21)12-5-3-11(17)4-6-12/h3-9,19H,2H2,1H3/b18-9-. The second-order valence-corrected chi connectivity index (χ2v) is 7.34. The van der Waals surface area contributed by atoms with E-state index in [1.165, 1.54) is 42.6 Å². The van der Waals surface area contributed by atoms with E-state index >= 15 is 0 Å². The fraction of sp³-hybridized carbons (Fsp3) is 0.133. The van der Waals surface area contributed by atoms with Crippen LogP contribution in [0, 0.1) is 0 Å². The maximum absolute atomic E-state index is 12.4. The lowest BCUT2D eigenvalue weighted by Crippen LogP contribution is -2.11. The predicted molar refractivity (Wildman–Crippen MR) is 94.0 cm³/mol. The summed E-state index contributed by atoms with van der Waals surface area (Å²) in [6.07, 6.45) is 1.19. The molecule has 0 radical (unpaired) electrons. The Morgan fingerprint density at radius 3 is 2.54 bits per heavy atom. The van der Waals surface area contributed by atoms with E-state index in [9.17, 15) is 8.42 Å². The molecule has 0 aliphatic heterocycles. The van der Waals surface area contributed by atoms with Gasteiger partial charge in [-0.25, -0.2) is 0 Å². The van der Waals surface area contributed by atoms with Crippen molar-refractivity contribution in [3.8, 4) is 11.5 Å². The summed E-state index contributed by atoms with van der Waals surface area (Å²) in [5.41, 5.74) is 0.504. The average Bonchev–Trinajstić information content (AvgIpc) is 2.52. The van der Waals surface area contributed by atoms with Crippen molar-refractivity contribution in [1.29, 1.82) is 0 Å². The minimum absolute atomic E-state index is 0.00175. The largest absolute Gasteiger partial charge is 0.490 e. The molecule has 0 unspecified atom stereocenters. The van der Waals surface area contributed by atoms with E-state index in [-0.39, 0.29) is 16.4 Å². The lowest BCUT2D eigenvalue weighted by atomic mass is 10.2. The summed E-state index contributed by atoms with van der Waals surface area (Å²) in [5, 5.41) is 12.0. The van der Waals surface area contributed by atoms with E-state index in [2.05, 4.69) is 21.1 Å². The van der Waals surface area contributed by atoms with E-state index in [4.69, 9.17) is 25.7 Å². The highest BCUT2D eigenvalue weighted by Crippen LogP contribution is 2.38. The van der Waals surface area contributed by atoms with Gasteiger partial charge >= 0.3 is 10.1 Å². The Labute approximate surface area is 152 Å². The van der Waals surface area contributed by atoms with Crippen molar-refractivity contribution in [2.75, 3.05) is 6.61 Å². The van der Waals surface area contributed by atoms with Gasteiger partial charge < -0.3 is 14.1 Å². The van der Waals surface area contributed by atoms with Gasteiger partial charge in [-0.2, -0.15) is 8.42 Å². The number of halogens is 2. The summed E-state index contributed by atoms with van der Waals surface area (Å²) >= 11 is 9.01. The molecule has 0 aromatic heterocycles. The highest BCUT2D eigenvalue weighted by Gasteiger charge is 2.22. The number of benzene rings is 2. The number of nitrogens with zero attached hydrogens (tertiary/aromatic N) is 1. The molecule has 2 rings (SSSR count). The summed E-state index contributed by atoms with van der Waals surface area (Å²) in [5.74, 6) is 0.196. The summed E-state index contributed by atoms with van der Waals surface area (Å²) in [6, 6.07) is 8.64. The van der Waals surface area contributed by atoms with E-state index in [1.807, 2.05) is 0 Å². The minimum atomic E-state index is -4.07. The molecule has 24 heavy (non-hydrogen) atoms. The fourth-order valence-corrected chi connectivity index (χ4v) is 3.56. The van der Waals surface area contributed by atoms with Gasteiger partial charge in [0.15, 0.2) is 11.5 Å². The van der Waals surface area contributed by atoms with Crippen LogP contribution in [0.25, 0.3) is 0 Å². The average molecular weight is 435 g/mol. The summed E-state index contributed by atoms with van der Waals surface area (Å²) < 4.78 is 35.8. The highest BCUT2D eigenvalue weighted by atomic mass is 79.9. The monoisotopic (exact) mass is 433 g/mol. The van der Waals surface area contributed by atoms with Crippen molar-refractivity contribution in [2.24, 2.45) is 5.16 Å². The smallest absolute Gasteiger partial charge is 0.339 e. The molecule has 0 amide bonds. The lowest BCUT2D eigenvalue weighted by molar-refractivity contribution is 0.321. The van der Waals surface area contributed by atoms with E-state index in [1.54, 1.807) is 6.92 Å². The third-order valence-corrected chi connectivity index (χ3v) is 4.91. The first-order valence-corrected chi connectivity index (χ1v) is 9.29. The second kappa shape index (κ2) is 7.87. The number of hydrogen-bond acceptors (Lipinski definition) is 6. The summed E-state index contributed by atoms with van der Waals surface area (Å²) in [7, 11) is -4.07. The Kier molecular flexibility index (Phi) is 6.09. The zero-order chi connectivity index (χ0) is 17.7. The number of rotatable bonds is 6. The molecule has 128 valence electrons. The molecule has 0 spiro atoms. The first-order chi connectivity index (χ1) is 11.4. The first kappa shape index (κ1) is 18.6. The van der Waals surface area contributed by atoms with Crippen molar-refractivity contribution >= 4 is 43.9 Å². The molecular weight excluding hydrogens is 422 g/mol. The second-order valence-electron chi connectivity index (χ2n) is 4.50. The third kappa shape index (κ3) is 4.40. The minimum Gasteiger partial charge on any atom is -0.490 e. The molecule has 0 aliphatic carbocycles. The van der Waals surface area contributed by atoms with Crippen LogP contribution < -0.4 is 8.92 Å². The Hall–Kier alpha value is -1.77. The van der Waals surface area contributed by atoms with Crippen LogP contribution in [0.4, 0.5) is 0 Å². The van der Waals surface area contributed by atoms with Crippen LogP contribution in [0.15, 0.2) is 50.9 Å². The molecule has 0 aliphatic rings. The van der Waals surface area contributed by atoms with Gasteiger partial charge in [-0.1, -0.05) is 16.8 Å². The van der Waals surface area contributed by atoms with Crippen LogP contribution >= 0.6 is 27.5 Å². The first-order valence-electron chi connectivity index (χ1n) is 6.71. The van der Waals surface area contributed by atoms with Crippen LogP contribution in [-0.4, -0.2) is 26.4 Å². The molecule has 9 heteroatoms. The van der Waals surface area contributed by atoms with E-state index < -0.39 is 10.1 Å². The molecule has 0 heterocycles. The quantitative estimate of drug-likeness (QED) is 0.320. The van der Waals surface area contributed by atoms with E-state index in [0.717, 1.165) is 0 Å². The molecule has 1 N–H and O–H groups in total. The van der Waals surface area contributed by atoms with Crippen LogP contribution in [0.5, 0.6) is 11.5 Å². The Balaban J connectivity index is 2.45. The van der Waals surface area contributed by atoms with Gasteiger partial charge in [0.05, 0.1) is 17.3 Å². The molecular formula is C15H13BrClNO5S. The molecule has 0 bridgehead atoms. The summed E-state index contributed by atoms with van der Waals surface area (Å²) in [6.45, 7) is 2.04. The number of hydrogen-bond donors (Lipinski definition) is 1. The topological polar surface area (TPSA) is 85.2 Å². The molecule has 0 saturated heterocycles. The number of ether oxygens (including phenoxy) is 1. The highest BCUT2D eigenvalue weighted by molar-refractivity contribution is 9.10. The molecule has 0 saturated carbocycles. The van der Waals surface area contributed by atoms with Gasteiger partial charge in [-0.05, 0) is 59.3 Å². The summed E-state index contributed by atoms with van der Waals surface area (Å²) in [4.78, 5) is -0.0396. The fourth-order valence-electron chi connectivity index (χ4n) is 1.83. The zero-order valence-corrected chi connectivity index (χ0v) is 15.6. The third-order valence-electron chi connectivity index (χ3n) is 2.83. The Bertz CT molecular complexity index is 853. The maximum atomic E-state index is 12.4.